The van der Waals surface area contributed by atoms with E-state index in [1.54, 1.807) is 0 Å². The Morgan fingerprint density at radius 2 is 2.10 bits per heavy atom. The molecule has 3 nitrogen and oxygen atoms in total. The van der Waals surface area contributed by atoms with Crippen LogP contribution < -0.4 is 5.32 Å². The van der Waals surface area contributed by atoms with Crippen LogP contribution >= 0.6 is 15.9 Å². The van der Waals surface area contributed by atoms with Gasteiger partial charge in [0.2, 0.25) is 0 Å². The monoisotopic (exact) mass is 341 g/mol. The molecule has 0 spiro atoms. The molecule has 0 atom stereocenters. The van der Waals surface area contributed by atoms with Crippen LogP contribution in [0.3, 0.4) is 0 Å². The van der Waals surface area contributed by atoms with Crippen molar-refractivity contribution in [2.24, 2.45) is 0 Å². The number of aryl methyl sites for hydroxylation is 3. The van der Waals surface area contributed by atoms with Gasteiger partial charge in [0.1, 0.15) is 11.9 Å². The average molecular weight is 342 g/mol. The van der Waals surface area contributed by atoms with Crippen molar-refractivity contribution in [2.75, 3.05) is 5.32 Å². The van der Waals surface area contributed by atoms with Gasteiger partial charge in [0.25, 0.3) is 0 Å². The van der Waals surface area contributed by atoms with E-state index in [0.29, 0.717) is 11.4 Å². The summed E-state index contributed by atoms with van der Waals surface area (Å²) < 4.78 is 1.01. The van der Waals surface area contributed by atoms with E-state index in [1.165, 1.54) is 18.4 Å². The van der Waals surface area contributed by atoms with Crippen molar-refractivity contribution >= 4 is 27.4 Å². The van der Waals surface area contributed by atoms with Crippen molar-refractivity contribution in [3.63, 3.8) is 0 Å². The molecule has 1 aromatic heterocycles. The number of nitriles is 1. The Hall–Kier alpha value is -1.86. The third-order valence-corrected chi connectivity index (χ3v) is 4.92. The Labute approximate surface area is 133 Å². The summed E-state index contributed by atoms with van der Waals surface area (Å²) in [5, 5.41) is 12.7. The van der Waals surface area contributed by atoms with Crippen molar-refractivity contribution in [3.8, 4) is 6.07 Å². The molecule has 0 fully saturated rings. The zero-order chi connectivity index (χ0) is 14.8. The number of anilines is 2. The quantitative estimate of drug-likeness (QED) is 0.864. The van der Waals surface area contributed by atoms with Crippen LogP contribution in [0.15, 0.2) is 28.7 Å². The van der Waals surface area contributed by atoms with Gasteiger partial charge in [0.05, 0.1) is 11.3 Å². The minimum atomic E-state index is 0.615. The minimum absolute atomic E-state index is 0.615. The van der Waals surface area contributed by atoms with Gasteiger partial charge in [0.15, 0.2) is 0 Å². The Bertz CT molecular complexity index is 732. The number of rotatable bonds is 2. The van der Waals surface area contributed by atoms with E-state index in [9.17, 15) is 5.26 Å². The average Bonchev–Trinajstić information content (AvgIpc) is 2.51. The number of benzene rings is 1. The molecule has 0 unspecified atom stereocenters. The SMILES string of the molecule is Cc1cccc(Nc2nc3c(cc2C#N)CCCC3)c1Br. The maximum absolute atomic E-state index is 9.38. The summed E-state index contributed by atoms with van der Waals surface area (Å²) in [7, 11) is 0. The Balaban J connectivity index is 2.02. The molecule has 0 amide bonds. The number of nitrogens with one attached hydrogen (secondary N) is 1. The molecular weight excluding hydrogens is 326 g/mol. The molecule has 0 radical (unpaired) electrons. The molecular formula is C17H16BrN3. The number of aromatic nitrogens is 1. The first-order valence-electron chi connectivity index (χ1n) is 7.14. The predicted octanol–water partition coefficient (Wildman–Crippen LogP) is 4.65. The summed E-state index contributed by atoms with van der Waals surface area (Å²) >= 11 is 3.59. The molecule has 1 aliphatic rings. The van der Waals surface area contributed by atoms with Gasteiger partial charge in [-0.05, 0) is 71.8 Å². The van der Waals surface area contributed by atoms with Crippen LogP contribution in [0.1, 0.15) is 35.2 Å². The second-order valence-electron chi connectivity index (χ2n) is 5.37. The fraction of sp³-hybridized carbons (Fsp3) is 0.294. The van der Waals surface area contributed by atoms with Crippen LogP contribution in [0.25, 0.3) is 0 Å². The zero-order valence-electron chi connectivity index (χ0n) is 11.9. The van der Waals surface area contributed by atoms with Gasteiger partial charge >= 0.3 is 0 Å². The van der Waals surface area contributed by atoms with Gasteiger partial charge in [-0.2, -0.15) is 5.26 Å². The van der Waals surface area contributed by atoms with E-state index in [0.717, 1.165) is 34.3 Å². The highest BCUT2D eigenvalue weighted by Crippen LogP contribution is 2.31. The predicted molar refractivity (Wildman–Crippen MR) is 87.8 cm³/mol. The van der Waals surface area contributed by atoms with Crippen molar-refractivity contribution in [1.82, 2.24) is 4.98 Å². The van der Waals surface area contributed by atoms with Gasteiger partial charge in [-0.1, -0.05) is 12.1 Å². The summed E-state index contributed by atoms with van der Waals surface area (Å²) in [6.07, 6.45) is 4.41. The smallest absolute Gasteiger partial charge is 0.148 e. The highest BCUT2D eigenvalue weighted by Gasteiger charge is 2.16. The number of pyridine rings is 1. The number of hydrogen-bond donors (Lipinski definition) is 1. The molecule has 4 heteroatoms. The zero-order valence-corrected chi connectivity index (χ0v) is 13.5. The molecule has 0 aliphatic heterocycles. The lowest BCUT2D eigenvalue weighted by Crippen LogP contribution is -2.09. The molecule has 1 N–H and O–H groups in total. The summed E-state index contributed by atoms with van der Waals surface area (Å²) in [5.74, 6) is 0.657. The van der Waals surface area contributed by atoms with E-state index in [4.69, 9.17) is 4.98 Å². The fourth-order valence-electron chi connectivity index (χ4n) is 2.69. The molecule has 0 saturated carbocycles. The van der Waals surface area contributed by atoms with Crippen LogP contribution in [0.5, 0.6) is 0 Å². The van der Waals surface area contributed by atoms with E-state index in [-0.39, 0.29) is 0 Å². The van der Waals surface area contributed by atoms with Gasteiger partial charge in [0, 0.05) is 10.2 Å². The molecule has 1 aromatic carbocycles. The molecule has 1 aliphatic carbocycles. The summed E-state index contributed by atoms with van der Waals surface area (Å²) in [6.45, 7) is 2.04. The van der Waals surface area contributed by atoms with Crippen LogP contribution in [0, 0.1) is 18.3 Å². The fourth-order valence-corrected chi connectivity index (χ4v) is 3.05. The first-order chi connectivity index (χ1) is 10.2. The van der Waals surface area contributed by atoms with E-state index < -0.39 is 0 Å². The molecule has 0 bridgehead atoms. The first kappa shape index (κ1) is 14.1. The second-order valence-corrected chi connectivity index (χ2v) is 6.16. The highest BCUT2D eigenvalue weighted by atomic mass is 79.9. The van der Waals surface area contributed by atoms with Crippen molar-refractivity contribution in [3.05, 3.63) is 51.1 Å². The molecule has 106 valence electrons. The second kappa shape index (κ2) is 5.87. The number of halogens is 1. The van der Waals surface area contributed by atoms with Gasteiger partial charge in [-0.25, -0.2) is 4.98 Å². The Morgan fingerprint density at radius 1 is 1.29 bits per heavy atom. The van der Waals surface area contributed by atoms with Crippen molar-refractivity contribution in [1.29, 1.82) is 5.26 Å². The molecule has 2 aromatic rings. The lowest BCUT2D eigenvalue weighted by Gasteiger charge is -2.18. The van der Waals surface area contributed by atoms with Gasteiger partial charge in [-0.3, -0.25) is 0 Å². The third-order valence-electron chi connectivity index (χ3n) is 3.87. The van der Waals surface area contributed by atoms with Crippen molar-refractivity contribution < 1.29 is 0 Å². The maximum Gasteiger partial charge on any atom is 0.148 e. The molecule has 0 saturated heterocycles. The van der Waals surface area contributed by atoms with Crippen LogP contribution in [-0.2, 0) is 12.8 Å². The molecule has 1 heterocycles. The topological polar surface area (TPSA) is 48.7 Å². The summed E-state index contributed by atoms with van der Waals surface area (Å²) in [6, 6.07) is 10.3. The van der Waals surface area contributed by atoms with E-state index in [2.05, 4.69) is 27.3 Å². The molecule has 21 heavy (non-hydrogen) atoms. The summed E-state index contributed by atoms with van der Waals surface area (Å²) in [4.78, 5) is 4.70. The van der Waals surface area contributed by atoms with Gasteiger partial charge < -0.3 is 5.32 Å². The minimum Gasteiger partial charge on any atom is -0.338 e. The lowest BCUT2D eigenvalue weighted by atomic mass is 9.95. The van der Waals surface area contributed by atoms with E-state index >= 15 is 0 Å². The number of hydrogen-bond acceptors (Lipinski definition) is 3. The van der Waals surface area contributed by atoms with E-state index in [1.807, 2.05) is 31.2 Å². The number of nitrogens with zero attached hydrogens (tertiary/aromatic N) is 2. The van der Waals surface area contributed by atoms with Crippen molar-refractivity contribution in [2.45, 2.75) is 32.6 Å². The van der Waals surface area contributed by atoms with Crippen LogP contribution in [0.4, 0.5) is 11.5 Å². The number of fused-ring (bicyclic) bond motifs is 1. The highest BCUT2D eigenvalue weighted by molar-refractivity contribution is 9.10. The third kappa shape index (κ3) is 2.79. The largest absolute Gasteiger partial charge is 0.338 e. The lowest BCUT2D eigenvalue weighted by molar-refractivity contribution is 0.668. The molecule has 3 rings (SSSR count). The standard InChI is InChI=1S/C17H16BrN3/c1-11-5-4-8-15(16(11)18)21-17-13(10-19)9-12-6-2-3-7-14(12)20-17/h4-5,8-9H,2-3,6-7H2,1H3,(H,20,21). The Morgan fingerprint density at radius 3 is 2.90 bits per heavy atom. The van der Waals surface area contributed by atoms with Gasteiger partial charge in [-0.15, -0.1) is 0 Å². The normalized spacial score (nSPS) is 13.4. The summed E-state index contributed by atoms with van der Waals surface area (Å²) in [5.41, 5.74) is 5.06. The Kier molecular flexibility index (Phi) is 3.94. The van der Waals surface area contributed by atoms with Crippen LogP contribution in [-0.4, -0.2) is 4.98 Å². The van der Waals surface area contributed by atoms with Crippen LogP contribution in [0.2, 0.25) is 0 Å². The maximum atomic E-state index is 9.38. The first-order valence-corrected chi connectivity index (χ1v) is 7.93.